The summed E-state index contributed by atoms with van der Waals surface area (Å²) in [5.74, 6) is -0.121. The van der Waals surface area contributed by atoms with Crippen molar-refractivity contribution in [3.63, 3.8) is 0 Å². The minimum Gasteiger partial charge on any atom is -0.494 e. The van der Waals surface area contributed by atoms with E-state index in [0.717, 1.165) is 20.8 Å². The van der Waals surface area contributed by atoms with Crippen molar-refractivity contribution in [2.45, 2.75) is 13.0 Å². The van der Waals surface area contributed by atoms with Gasteiger partial charge in [0, 0.05) is 4.88 Å². The molecule has 0 aliphatic heterocycles. The molecule has 0 aliphatic carbocycles. The summed E-state index contributed by atoms with van der Waals surface area (Å²) < 4.78 is 19.5. The first-order chi connectivity index (χ1) is 9.56. The van der Waals surface area contributed by atoms with E-state index in [-0.39, 0.29) is 17.6 Å². The van der Waals surface area contributed by atoms with Crippen LogP contribution in [0.2, 0.25) is 5.02 Å². The number of ether oxygens (including phenoxy) is 1. The van der Waals surface area contributed by atoms with Crippen LogP contribution in [0.4, 0.5) is 4.39 Å². The number of nitrogens with one attached hydrogen (secondary N) is 1. The van der Waals surface area contributed by atoms with Gasteiger partial charge in [0.1, 0.15) is 0 Å². The minimum absolute atomic E-state index is 0.0386. The van der Waals surface area contributed by atoms with Crippen LogP contribution in [0.3, 0.4) is 0 Å². The number of benzene rings is 1. The lowest BCUT2D eigenvalue weighted by Gasteiger charge is -2.17. The molecular weight excluding hydrogens is 365 g/mol. The molecule has 1 heterocycles. The van der Waals surface area contributed by atoms with Crippen molar-refractivity contribution in [3.8, 4) is 5.75 Å². The molecule has 1 aromatic carbocycles. The number of halogens is 3. The second-order valence-corrected chi connectivity index (χ2v) is 6.96. The van der Waals surface area contributed by atoms with Gasteiger partial charge in [0.2, 0.25) is 0 Å². The number of hydrogen-bond acceptors (Lipinski definition) is 3. The van der Waals surface area contributed by atoms with Crippen LogP contribution in [0.15, 0.2) is 28.1 Å². The fraction of sp³-hybridized carbons (Fsp3) is 0.286. The molecule has 108 valence electrons. The van der Waals surface area contributed by atoms with Gasteiger partial charge in [-0.05, 0) is 46.2 Å². The predicted octanol–water partition coefficient (Wildman–Crippen LogP) is 5.01. The molecule has 0 radical (unpaired) electrons. The van der Waals surface area contributed by atoms with Gasteiger partial charge in [0.05, 0.1) is 22.0 Å². The molecule has 0 saturated carbocycles. The normalized spacial score (nSPS) is 12.4. The van der Waals surface area contributed by atoms with Crippen molar-refractivity contribution in [2.24, 2.45) is 0 Å². The highest BCUT2D eigenvalue weighted by atomic mass is 79.9. The summed E-state index contributed by atoms with van der Waals surface area (Å²) in [6.07, 6.45) is 0. The molecule has 2 aromatic rings. The maximum absolute atomic E-state index is 13.5. The van der Waals surface area contributed by atoms with Gasteiger partial charge in [-0.15, -0.1) is 11.3 Å². The fourth-order valence-corrected chi connectivity index (χ4v) is 3.80. The van der Waals surface area contributed by atoms with Gasteiger partial charge < -0.3 is 10.1 Å². The standard InChI is InChI=1S/C14H14BrClFNOS/c1-3-18-13(12-7-9(16)14(15)20-12)8-4-5-10(17)11(6-8)19-2/h4-7,13,18H,3H2,1-2H3. The van der Waals surface area contributed by atoms with Crippen LogP contribution in [0, 0.1) is 5.82 Å². The summed E-state index contributed by atoms with van der Waals surface area (Å²) in [6, 6.07) is 6.77. The zero-order valence-corrected chi connectivity index (χ0v) is 14.2. The van der Waals surface area contributed by atoms with E-state index in [2.05, 4.69) is 21.2 Å². The Kier molecular flexibility index (Phi) is 5.43. The molecule has 0 saturated heterocycles. The van der Waals surface area contributed by atoms with E-state index < -0.39 is 0 Å². The molecule has 0 fully saturated rings. The summed E-state index contributed by atoms with van der Waals surface area (Å²) in [7, 11) is 1.46. The molecule has 1 atom stereocenters. The Morgan fingerprint density at radius 3 is 2.75 bits per heavy atom. The first-order valence-corrected chi connectivity index (χ1v) is 8.07. The zero-order chi connectivity index (χ0) is 14.7. The predicted molar refractivity (Wildman–Crippen MR) is 85.5 cm³/mol. The Balaban J connectivity index is 2.42. The Morgan fingerprint density at radius 1 is 1.45 bits per heavy atom. The lowest BCUT2D eigenvalue weighted by molar-refractivity contribution is 0.385. The molecule has 2 rings (SSSR count). The van der Waals surface area contributed by atoms with Gasteiger partial charge in [-0.1, -0.05) is 24.6 Å². The number of rotatable bonds is 5. The second kappa shape index (κ2) is 6.89. The second-order valence-electron chi connectivity index (χ2n) is 4.16. The Hall–Kier alpha value is -0.620. The summed E-state index contributed by atoms with van der Waals surface area (Å²) >= 11 is 11.1. The van der Waals surface area contributed by atoms with Gasteiger partial charge in [-0.2, -0.15) is 0 Å². The van der Waals surface area contributed by atoms with Crippen LogP contribution in [-0.4, -0.2) is 13.7 Å². The Bertz CT molecular complexity index is 585. The van der Waals surface area contributed by atoms with Crippen LogP contribution >= 0.6 is 38.9 Å². The van der Waals surface area contributed by atoms with Crippen molar-refractivity contribution >= 4 is 38.9 Å². The molecule has 1 N–H and O–H groups in total. The molecule has 0 spiro atoms. The van der Waals surface area contributed by atoms with Gasteiger partial charge in [-0.3, -0.25) is 0 Å². The maximum atomic E-state index is 13.5. The largest absolute Gasteiger partial charge is 0.494 e. The van der Waals surface area contributed by atoms with E-state index in [9.17, 15) is 4.39 Å². The average Bonchev–Trinajstić information content (AvgIpc) is 2.76. The molecule has 2 nitrogen and oxygen atoms in total. The van der Waals surface area contributed by atoms with E-state index in [1.807, 2.05) is 13.0 Å². The summed E-state index contributed by atoms with van der Waals surface area (Å²) in [6.45, 7) is 2.81. The van der Waals surface area contributed by atoms with Gasteiger partial charge in [0.25, 0.3) is 0 Å². The topological polar surface area (TPSA) is 21.3 Å². The highest BCUT2D eigenvalue weighted by Crippen LogP contribution is 2.38. The van der Waals surface area contributed by atoms with Crippen molar-refractivity contribution in [3.05, 3.63) is 49.3 Å². The molecule has 0 bridgehead atoms. The first kappa shape index (κ1) is 15.8. The highest BCUT2D eigenvalue weighted by molar-refractivity contribution is 9.11. The molecule has 20 heavy (non-hydrogen) atoms. The van der Waals surface area contributed by atoms with Crippen LogP contribution in [-0.2, 0) is 0 Å². The van der Waals surface area contributed by atoms with E-state index in [4.69, 9.17) is 16.3 Å². The summed E-state index contributed by atoms with van der Waals surface area (Å²) in [5.41, 5.74) is 0.940. The number of hydrogen-bond donors (Lipinski definition) is 1. The smallest absolute Gasteiger partial charge is 0.165 e. The van der Waals surface area contributed by atoms with Crippen molar-refractivity contribution in [1.82, 2.24) is 5.32 Å². The third-order valence-corrected chi connectivity index (χ3v) is 5.41. The van der Waals surface area contributed by atoms with Crippen LogP contribution in [0.1, 0.15) is 23.4 Å². The minimum atomic E-state index is -0.364. The summed E-state index contributed by atoms with van der Waals surface area (Å²) in [5, 5.41) is 4.06. The first-order valence-electron chi connectivity index (χ1n) is 6.08. The Morgan fingerprint density at radius 2 is 2.20 bits per heavy atom. The molecule has 0 amide bonds. The maximum Gasteiger partial charge on any atom is 0.165 e. The van der Waals surface area contributed by atoms with Crippen LogP contribution in [0.25, 0.3) is 0 Å². The third-order valence-electron chi connectivity index (χ3n) is 2.87. The van der Waals surface area contributed by atoms with Crippen molar-refractivity contribution in [2.75, 3.05) is 13.7 Å². The van der Waals surface area contributed by atoms with Crippen molar-refractivity contribution < 1.29 is 9.13 Å². The molecular formula is C14H14BrClFNOS. The van der Waals surface area contributed by atoms with Crippen LogP contribution < -0.4 is 10.1 Å². The van der Waals surface area contributed by atoms with E-state index in [1.54, 1.807) is 23.5 Å². The molecule has 1 unspecified atom stereocenters. The lowest BCUT2D eigenvalue weighted by atomic mass is 10.0. The highest BCUT2D eigenvalue weighted by Gasteiger charge is 2.18. The Labute approximate surface area is 135 Å². The van der Waals surface area contributed by atoms with Crippen LogP contribution in [0.5, 0.6) is 5.75 Å². The SMILES string of the molecule is CCNC(c1ccc(F)c(OC)c1)c1cc(Cl)c(Br)s1. The van der Waals surface area contributed by atoms with Gasteiger partial charge in [-0.25, -0.2) is 4.39 Å². The average molecular weight is 379 g/mol. The molecule has 0 aliphatic rings. The summed E-state index contributed by atoms with van der Waals surface area (Å²) in [4.78, 5) is 1.07. The van der Waals surface area contributed by atoms with E-state index in [0.29, 0.717) is 5.02 Å². The quantitative estimate of drug-likeness (QED) is 0.789. The van der Waals surface area contributed by atoms with Gasteiger partial charge in [0.15, 0.2) is 11.6 Å². The number of thiophene rings is 1. The lowest BCUT2D eigenvalue weighted by Crippen LogP contribution is -2.21. The third kappa shape index (κ3) is 3.34. The van der Waals surface area contributed by atoms with Gasteiger partial charge >= 0.3 is 0 Å². The monoisotopic (exact) mass is 377 g/mol. The molecule has 1 aromatic heterocycles. The molecule has 6 heteroatoms. The van der Waals surface area contributed by atoms with E-state index in [1.165, 1.54) is 13.2 Å². The number of methoxy groups -OCH3 is 1. The fourth-order valence-electron chi connectivity index (χ4n) is 1.95. The zero-order valence-electron chi connectivity index (χ0n) is 11.0. The van der Waals surface area contributed by atoms with E-state index >= 15 is 0 Å². The van der Waals surface area contributed by atoms with Crippen molar-refractivity contribution in [1.29, 1.82) is 0 Å².